The lowest BCUT2D eigenvalue weighted by Gasteiger charge is -2.30. The summed E-state index contributed by atoms with van der Waals surface area (Å²) in [5, 5.41) is 9.16. The topological polar surface area (TPSA) is 27.0 Å². The van der Waals surface area contributed by atoms with Crippen LogP contribution in [-0.4, -0.2) is 24.0 Å². The Hall–Kier alpha value is -0.550. The van der Waals surface area contributed by atoms with Gasteiger partial charge in [0.15, 0.2) is 0 Å². The third-order valence-electron chi connectivity index (χ3n) is 5.08. The highest BCUT2D eigenvalue weighted by molar-refractivity contribution is 5.01. The molecule has 0 aromatic carbocycles. The number of hydrogen-bond donors (Lipinski definition) is 0. The first-order valence-electron chi connectivity index (χ1n) is 6.88. The Balaban J connectivity index is 2.01. The van der Waals surface area contributed by atoms with E-state index in [0.717, 1.165) is 6.42 Å². The first-order valence-corrected chi connectivity index (χ1v) is 6.88. The molecule has 0 N–H and O–H groups in total. The van der Waals surface area contributed by atoms with Gasteiger partial charge in [0.2, 0.25) is 0 Å². The molecule has 1 saturated carbocycles. The van der Waals surface area contributed by atoms with Crippen molar-refractivity contribution in [3.63, 3.8) is 0 Å². The SMILES string of the molecule is CCC1(CC)CCN(C2CCCC2C#N)C1. The molecule has 2 rings (SSSR count). The summed E-state index contributed by atoms with van der Waals surface area (Å²) in [6.45, 7) is 7.11. The first kappa shape index (κ1) is 11.9. The highest BCUT2D eigenvalue weighted by Crippen LogP contribution is 2.41. The normalized spacial score (nSPS) is 34.1. The highest BCUT2D eigenvalue weighted by Gasteiger charge is 2.41. The average molecular weight is 220 g/mol. The van der Waals surface area contributed by atoms with Crippen molar-refractivity contribution >= 4 is 0 Å². The van der Waals surface area contributed by atoms with Crippen LogP contribution in [0.3, 0.4) is 0 Å². The van der Waals surface area contributed by atoms with Crippen molar-refractivity contribution in [3.05, 3.63) is 0 Å². The Labute approximate surface area is 99.6 Å². The van der Waals surface area contributed by atoms with Crippen molar-refractivity contribution in [2.24, 2.45) is 11.3 Å². The molecule has 1 aliphatic carbocycles. The zero-order chi connectivity index (χ0) is 11.6. The summed E-state index contributed by atoms with van der Waals surface area (Å²) in [6, 6.07) is 3.09. The van der Waals surface area contributed by atoms with E-state index in [1.807, 2.05) is 0 Å². The summed E-state index contributed by atoms with van der Waals surface area (Å²) in [4.78, 5) is 2.62. The second-order valence-electron chi connectivity index (χ2n) is 5.66. The van der Waals surface area contributed by atoms with Gasteiger partial charge in [0.05, 0.1) is 12.0 Å². The Bertz CT molecular complexity index is 275. The minimum Gasteiger partial charge on any atom is -0.299 e. The Morgan fingerprint density at radius 1 is 1.31 bits per heavy atom. The fourth-order valence-electron chi connectivity index (χ4n) is 3.61. The number of hydrogen-bond acceptors (Lipinski definition) is 2. The van der Waals surface area contributed by atoms with Gasteiger partial charge in [-0.25, -0.2) is 0 Å². The van der Waals surface area contributed by atoms with Crippen LogP contribution in [0.25, 0.3) is 0 Å². The van der Waals surface area contributed by atoms with E-state index < -0.39 is 0 Å². The Morgan fingerprint density at radius 3 is 2.62 bits per heavy atom. The smallest absolute Gasteiger partial charge is 0.0672 e. The number of rotatable bonds is 3. The fraction of sp³-hybridized carbons (Fsp3) is 0.929. The van der Waals surface area contributed by atoms with Crippen molar-refractivity contribution < 1.29 is 0 Å². The van der Waals surface area contributed by atoms with Gasteiger partial charge in [-0.15, -0.1) is 0 Å². The van der Waals surface area contributed by atoms with E-state index >= 15 is 0 Å². The zero-order valence-electron chi connectivity index (χ0n) is 10.7. The molecule has 16 heavy (non-hydrogen) atoms. The van der Waals surface area contributed by atoms with Crippen molar-refractivity contribution in [2.75, 3.05) is 13.1 Å². The molecule has 0 aromatic heterocycles. The van der Waals surface area contributed by atoms with E-state index in [1.54, 1.807) is 0 Å². The van der Waals surface area contributed by atoms with E-state index in [2.05, 4.69) is 24.8 Å². The summed E-state index contributed by atoms with van der Waals surface area (Å²) in [6.07, 6.45) is 7.57. The molecule has 0 radical (unpaired) electrons. The highest BCUT2D eigenvalue weighted by atomic mass is 15.2. The lowest BCUT2D eigenvalue weighted by atomic mass is 9.82. The molecule has 0 aromatic rings. The first-order chi connectivity index (χ1) is 7.74. The van der Waals surface area contributed by atoms with Gasteiger partial charge < -0.3 is 0 Å². The molecule has 2 unspecified atom stereocenters. The molecule has 2 atom stereocenters. The second kappa shape index (κ2) is 4.75. The van der Waals surface area contributed by atoms with Gasteiger partial charge in [-0.2, -0.15) is 5.26 Å². The van der Waals surface area contributed by atoms with Crippen LogP contribution in [0.2, 0.25) is 0 Å². The standard InChI is InChI=1S/C14H24N2/c1-3-14(4-2)8-9-16(11-14)13-7-5-6-12(13)10-15/h12-13H,3-9,11H2,1-2H3. The summed E-state index contributed by atoms with van der Waals surface area (Å²) in [5.41, 5.74) is 0.558. The van der Waals surface area contributed by atoms with Gasteiger partial charge >= 0.3 is 0 Å². The zero-order valence-corrected chi connectivity index (χ0v) is 10.7. The van der Waals surface area contributed by atoms with E-state index in [-0.39, 0.29) is 0 Å². The predicted molar refractivity (Wildman–Crippen MR) is 65.9 cm³/mol. The largest absolute Gasteiger partial charge is 0.299 e. The molecule has 1 saturated heterocycles. The van der Waals surface area contributed by atoms with Crippen LogP contribution in [-0.2, 0) is 0 Å². The lowest BCUT2D eigenvalue weighted by Crippen LogP contribution is -2.37. The molecule has 90 valence electrons. The van der Waals surface area contributed by atoms with E-state index in [4.69, 9.17) is 5.26 Å². The van der Waals surface area contributed by atoms with E-state index in [1.165, 1.54) is 45.2 Å². The summed E-state index contributed by atoms with van der Waals surface area (Å²) in [5.74, 6) is 0.310. The summed E-state index contributed by atoms with van der Waals surface area (Å²) in [7, 11) is 0. The number of likely N-dealkylation sites (tertiary alicyclic amines) is 1. The van der Waals surface area contributed by atoms with Gasteiger partial charge in [0.25, 0.3) is 0 Å². The van der Waals surface area contributed by atoms with Crippen molar-refractivity contribution in [1.82, 2.24) is 4.90 Å². The maximum absolute atomic E-state index is 9.16. The summed E-state index contributed by atoms with van der Waals surface area (Å²) < 4.78 is 0. The van der Waals surface area contributed by atoms with Crippen LogP contribution in [0.5, 0.6) is 0 Å². The molecule has 2 fully saturated rings. The van der Waals surface area contributed by atoms with Gasteiger partial charge in [-0.3, -0.25) is 4.90 Å². The minimum absolute atomic E-state index is 0.310. The Kier molecular flexibility index (Phi) is 3.54. The van der Waals surface area contributed by atoms with E-state index in [0.29, 0.717) is 17.4 Å². The van der Waals surface area contributed by atoms with Crippen LogP contribution < -0.4 is 0 Å². The molecule has 1 heterocycles. The van der Waals surface area contributed by atoms with Crippen LogP contribution in [0.1, 0.15) is 52.4 Å². The molecular formula is C14H24N2. The van der Waals surface area contributed by atoms with Gasteiger partial charge in [-0.05, 0) is 44.1 Å². The molecule has 2 heteroatoms. The van der Waals surface area contributed by atoms with Crippen LogP contribution in [0.15, 0.2) is 0 Å². The molecule has 2 aliphatic rings. The maximum atomic E-state index is 9.16. The van der Waals surface area contributed by atoms with Crippen molar-refractivity contribution in [1.29, 1.82) is 5.26 Å². The van der Waals surface area contributed by atoms with Gasteiger partial charge in [-0.1, -0.05) is 20.3 Å². The third kappa shape index (κ3) is 1.98. The monoisotopic (exact) mass is 220 g/mol. The summed E-state index contributed by atoms with van der Waals surface area (Å²) >= 11 is 0. The van der Waals surface area contributed by atoms with Crippen LogP contribution >= 0.6 is 0 Å². The third-order valence-corrected chi connectivity index (χ3v) is 5.08. The molecule has 0 amide bonds. The lowest BCUT2D eigenvalue weighted by molar-refractivity contribution is 0.179. The quantitative estimate of drug-likeness (QED) is 0.730. The maximum Gasteiger partial charge on any atom is 0.0672 e. The minimum atomic E-state index is 0.310. The fourth-order valence-corrected chi connectivity index (χ4v) is 3.61. The Morgan fingerprint density at radius 2 is 2.06 bits per heavy atom. The molecule has 0 bridgehead atoms. The number of nitrogens with zero attached hydrogens (tertiary/aromatic N) is 2. The van der Waals surface area contributed by atoms with Crippen molar-refractivity contribution in [3.8, 4) is 6.07 Å². The van der Waals surface area contributed by atoms with E-state index in [9.17, 15) is 0 Å². The molecule has 0 spiro atoms. The second-order valence-corrected chi connectivity index (χ2v) is 5.66. The molecule has 2 nitrogen and oxygen atoms in total. The van der Waals surface area contributed by atoms with Crippen LogP contribution in [0, 0.1) is 22.7 Å². The molecular weight excluding hydrogens is 196 g/mol. The average Bonchev–Trinajstić information content (AvgIpc) is 2.95. The molecule has 1 aliphatic heterocycles. The predicted octanol–water partition coefficient (Wildman–Crippen LogP) is 3.19. The van der Waals surface area contributed by atoms with Crippen LogP contribution in [0.4, 0.5) is 0 Å². The number of nitriles is 1. The van der Waals surface area contributed by atoms with Crippen molar-refractivity contribution in [2.45, 2.75) is 58.4 Å². The van der Waals surface area contributed by atoms with Gasteiger partial charge in [0.1, 0.15) is 0 Å². The van der Waals surface area contributed by atoms with Gasteiger partial charge in [0, 0.05) is 12.6 Å².